The molecule has 1 N–H and O–H groups in total. The van der Waals surface area contributed by atoms with Crippen LogP contribution < -0.4 is 5.32 Å². The summed E-state index contributed by atoms with van der Waals surface area (Å²) in [5.41, 5.74) is 1.25. The average molecular weight is 300 g/mol. The molecule has 0 fully saturated rings. The Hall–Kier alpha value is -2.46. The van der Waals surface area contributed by atoms with Gasteiger partial charge in [0.15, 0.2) is 11.6 Å². The van der Waals surface area contributed by atoms with Gasteiger partial charge >= 0.3 is 0 Å². The van der Waals surface area contributed by atoms with Gasteiger partial charge in [0.05, 0.1) is 21.8 Å². The number of halogens is 1. The second-order valence-corrected chi connectivity index (χ2v) is 5.14. The van der Waals surface area contributed by atoms with Crippen LogP contribution in [0.25, 0.3) is 0 Å². The zero-order valence-electron chi connectivity index (χ0n) is 11.1. The number of hydrogen-bond donors (Lipinski definition) is 1. The third-order valence-corrected chi connectivity index (χ3v) is 3.65. The first-order chi connectivity index (χ1) is 10.0. The molecule has 1 amide bonds. The van der Waals surface area contributed by atoms with E-state index >= 15 is 0 Å². The van der Waals surface area contributed by atoms with Gasteiger partial charge in [0, 0.05) is 18.1 Å². The summed E-state index contributed by atoms with van der Waals surface area (Å²) >= 11 is 6.09. The van der Waals surface area contributed by atoms with E-state index in [0.29, 0.717) is 16.8 Å². The number of fused-ring (bicyclic) bond motifs is 2. The van der Waals surface area contributed by atoms with E-state index in [4.69, 9.17) is 11.6 Å². The minimum atomic E-state index is -0.321. The Morgan fingerprint density at radius 1 is 0.952 bits per heavy atom. The molecule has 0 saturated carbocycles. The van der Waals surface area contributed by atoms with Gasteiger partial charge in [0.25, 0.3) is 0 Å². The Bertz CT molecular complexity index is 811. The molecule has 3 rings (SSSR count). The molecule has 2 aromatic rings. The van der Waals surface area contributed by atoms with Crippen molar-refractivity contribution >= 4 is 34.8 Å². The largest absolute Gasteiger partial charge is 0.326 e. The minimum Gasteiger partial charge on any atom is -0.326 e. The Kier molecular flexibility index (Phi) is 3.11. The summed E-state index contributed by atoms with van der Waals surface area (Å²) in [7, 11) is 0. The molecule has 0 aliphatic heterocycles. The van der Waals surface area contributed by atoms with Crippen molar-refractivity contribution in [1.82, 2.24) is 0 Å². The van der Waals surface area contributed by atoms with E-state index < -0.39 is 0 Å². The molecule has 0 saturated heterocycles. The molecule has 104 valence electrons. The second-order valence-electron chi connectivity index (χ2n) is 4.73. The monoisotopic (exact) mass is 299 g/mol. The molecule has 1 aliphatic rings. The summed E-state index contributed by atoms with van der Waals surface area (Å²) in [5, 5.41) is 2.77. The van der Waals surface area contributed by atoms with Crippen LogP contribution in [0.3, 0.4) is 0 Å². The summed E-state index contributed by atoms with van der Waals surface area (Å²) in [4.78, 5) is 36.5. The van der Waals surface area contributed by atoms with Crippen molar-refractivity contribution in [2.75, 3.05) is 5.32 Å². The Balaban J connectivity index is 2.31. The van der Waals surface area contributed by atoms with Crippen LogP contribution in [0, 0.1) is 0 Å². The van der Waals surface area contributed by atoms with Crippen molar-refractivity contribution in [2.45, 2.75) is 6.92 Å². The van der Waals surface area contributed by atoms with Crippen molar-refractivity contribution in [3.8, 4) is 0 Å². The van der Waals surface area contributed by atoms with Crippen molar-refractivity contribution in [1.29, 1.82) is 0 Å². The molecule has 0 atom stereocenters. The Labute approximate surface area is 125 Å². The second kappa shape index (κ2) is 4.82. The number of benzene rings is 2. The van der Waals surface area contributed by atoms with Gasteiger partial charge < -0.3 is 5.32 Å². The Morgan fingerprint density at radius 3 is 2.10 bits per heavy atom. The van der Waals surface area contributed by atoms with Gasteiger partial charge in [0.2, 0.25) is 5.91 Å². The van der Waals surface area contributed by atoms with Crippen LogP contribution in [0.2, 0.25) is 5.02 Å². The SMILES string of the molecule is CC(=O)Nc1ccc(Cl)c2c1C(=O)c1ccccc1C2=O. The summed E-state index contributed by atoms with van der Waals surface area (Å²) in [5.74, 6) is -0.942. The van der Waals surface area contributed by atoms with Gasteiger partial charge in [-0.15, -0.1) is 0 Å². The lowest BCUT2D eigenvalue weighted by atomic mass is 9.83. The van der Waals surface area contributed by atoms with E-state index in [0.717, 1.165) is 0 Å². The summed E-state index contributed by atoms with van der Waals surface area (Å²) in [6.45, 7) is 1.34. The highest BCUT2D eigenvalue weighted by Crippen LogP contribution is 2.36. The lowest BCUT2D eigenvalue weighted by Crippen LogP contribution is -2.23. The van der Waals surface area contributed by atoms with Crippen LogP contribution in [-0.2, 0) is 4.79 Å². The highest BCUT2D eigenvalue weighted by Gasteiger charge is 2.33. The number of ketones is 2. The minimum absolute atomic E-state index is 0.145. The number of nitrogens with one attached hydrogen (secondary N) is 1. The van der Waals surface area contributed by atoms with Gasteiger partial charge in [-0.2, -0.15) is 0 Å². The number of anilines is 1. The molecule has 0 unspecified atom stereocenters. The van der Waals surface area contributed by atoms with E-state index in [9.17, 15) is 14.4 Å². The highest BCUT2D eigenvalue weighted by atomic mass is 35.5. The molecule has 0 radical (unpaired) electrons. The Morgan fingerprint density at radius 2 is 1.52 bits per heavy atom. The molecule has 0 bridgehead atoms. The maximum Gasteiger partial charge on any atom is 0.221 e. The van der Waals surface area contributed by atoms with Crippen molar-refractivity contribution in [3.05, 3.63) is 63.7 Å². The van der Waals surface area contributed by atoms with Crippen LogP contribution in [0.5, 0.6) is 0 Å². The zero-order valence-corrected chi connectivity index (χ0v) is 11.8. The molecule has 5 heteroatoms. The summed E-state index contributed by atoms with van der Waals surface area (Å²) in [6.07, 6.45) is 0. The fourth-order valence-corrected chi connectivity index (χ4v) is 2.72. The van der Waals surface area contributed by atoms with Crippen molar-refractivity contribution in [2.24, 2.45) is 0 Å². The molecule has 0 heterocycles. The summed E-state index contributed by atoms with van der Waals surface area (Å²) in [6, 6.07) is 9.61. The van der Waals surface area contributed by atoms with Crippen LogP contribution in [0.1, 0.15) is 38.8 Å². The van der Waals surface area contributed by atoms with E-state index in [1.54, 1.807) is 24.3 Å². The molecular formula is C16H10ClNO3. The number of amides is 1. The quantitative estimate of drug-likeness (QED) is 0.751. The fraction of sp³-hybridized carbons (Fsp3) is 0.0625. The van der Waals surface area contributed by atoms with Gasteiger partial charge in [0.1, 0.15) is 0 Å². The normalized spacial score (nSPS) is 12.7. The fourth-order valence-electron chi connectivity index (χ4n) is 2.48. The van der Waals surface area contributed by atoms with Gasteiger partial charge in [-0.05, 0) is 12.1 Å². The maximum absolute atomic E-state index is 12.6. The smallest absolute Gasteiger partial charge is 0.221 e. The first kappa shape index (κ1) is 13.5. The maximum atomic E-state index is 12.6. The van der Waals surface area contributed by atoms with Crippen molar-refractivity contribution < 1.29 is 14.4 Å². The van der Waals surface area contributed by atoms with Crippen LogP contribution in [-0.4, -0.2) is 17.5 Å². The molecule has 2 aromatic carbocycles. The third kappa shape index (κ3) is 2.04. The molecular weight excluding hydrogens is 290 g/mol. The first-order valence-electron chi connectivity index (χ1n) is 6.29. The van der Waals surface area contributed by atoms with Gasteiger partial charge in [-0.3, -0.25) is 14.4 Å². The molecule has 21 heavy (non-hydrogen) atoms. The van der Waals surface area contributed by atoms with E-state index in [1.165, 1.54) is 19.1 Å². The number of carbonyl (C=O) groups excluding carboxylic acids is 3. The topological polar surface area (TPSA) is 63.2 Å². The molecule has 0 aromatic heterocycles. The molecule has 4 nitrogen and oxygen atoms in total. The predicted molar refractivity (Wildman–Crippen MR) is 79.1 cm³/mol. The highest BCUT2D eigenvalue weighted by molar-refractivity contribution is 6.40. The predicted octanol–water partition coefficient (Wildman–Crippen LogP) is 3.07. The van der Waals surface area contributed by atoms with Crippen LogP contribution in [0.4, 0.5) is 5.69 Å². The molecule has 1 aliphatic carbocycles. The van der Waals surface area contributed by atoms with E-state index in [2.05, 4.69) is 5.32 Å². The van der Waals surface area contributed by atoms with Crippen molar-refractivity contribution in [3.63, 3.8) is 0 Å². The van der Waals surface area contributed by atoms with Gasteiger partial charge in [-0.25, -0.2) is 0 Å². The van der Waals surface area contributed by atoms with E-state index in [-0.39, 0.29) is 33.6 Å². The first-order valence-corrected chi connectivity index (χ1v) is 6.67. The summed E-state index contributed by atoms with van der Waals surface area (Å²) < 4.78 is 0. The molecule has 0 spiro atoms. The van der Waals surface area contributed by atoms with Crippen LogP contribution >= 0.6 is 11.6 Å². The number of carbonyl (C=O) groups is 3. The average Bonchev–Trinajstić information content (AvgIpc) is 2.46. The standard InChI is InChI=1S/C16H10ClNO3/c1-8(19)18-12-7-6-11(17)13-14(12)16(21)10-5-3-2-4-9(10)15(13)20/h2-7H,1H3,(H,18,19). The van der Waals surface area contributed by atoms with Crippen LogP contribution in [0.15, 0.2) is 36.4 Å². The zero-order chi connectivity index (χ0) is 15.1. The lowest BCUT2D eigenvalue weighted by Gasteiger charge is -2.21. The number of hydrogen-bond acceptors (Lipinski definition) is 3. The third-order valence-electron chi connectivity index (χ3n) is 3.34. The lowest BCUT2D eigenvalue weighted by molar-refractivity contribution is -0.114. The number of rotatable bonds is 1. The van der Waals surface area contributed by atoms with E-state index in [1.807, 2.05) is 0 Å². The van der Waals surface area contributed by atoms with Gasteiger partial charge in [-0.1, -0.05) is 35.9 Å².